The number of hydrogen-bond donors (Lipinski definition) is 1. The molecular weight excluding hydrogens is 176 g/mol. The van der Waals surface area contributed by atoms with E-state index in [1.54, 1.807) is 0 Å². The van der Waals surface area contributed by atoms with E-state index in [1.807, 2.05) is 30.3 Å². The fourth-order valence-corrected chi connectivity index (χ4v) is 1.66. The van der Waals surface area contributed by atoms with E-state index in [4.69, 9.17) is 4.74 Å². The standard InChI is InChI=1S/C12H16O2/c13-12(7-4-8-12)10-14-9-11-5-2-1-3-6-11/h1-3,5-6,13H,4,7-10H2. The first-order valence-electron chi connectivity index (χ1n) is 5.13. The molecule has 0 atom stereocenters. The van der Waals surface area contributed by atoms with Crippen molar-refractivity contribution in [2.24, 2.45) is 0 Å². The first-order chi connectivity index (χ1) is 6.79. The molecule has 1 saturated carbocycles. The molecule has 1 fully saturated rings. The Morgan fingerprint density at radius 2 is 1.93 bits per heavy atom. The van der Waals surface area contributed by atoms with Crippen LogP contribution < -0.4 is 0 Å². The van der Waals surface area contributed by atoms with E-state index < -0.39 is 5.60 Å². The highest BCUT2D eigenvalue weighted by atomic mass is 16.5. The molecule has 2 heteroatoms. The van der Waals surface area contributed by atoms with E-state index >= 15 is 0 Å². The van der Waals surface area contributed by atoms with Gasteiger partial charge in [-0.3, -0.25) is 0 Å². The monoisotopic (exact) mass is 192 g/mol. The lowest BCUT2D eigenvalue weighted by molar-refractivity contribution is -0.0996. The molecule has 0 aromatic heterocycles. The van der Waals surface area contributed by atoms with Crippen molar-refractivity contribution >= 4 is 0 Å². The Bertz CT molecular complexity index is 278. The topological polar surface area (TPSA) is 29.5 Å². The average Bonchev–Trinajstić information content (AvgIpc) is 2.17. The fraction of sp³-hybridized carbons (Fsp3) is 0.500. The van der Waals surface area contributed by atoms with Gasteiger partial charge in [0.15, 0.2) is 0 Å². The Kier molecular flexibility index (Phi) is 2.85. The van der Waals surface area contributed by atoms with E-state index in [2.05, 4.69) is 0 Å². The molecule has 1 aliphatic rings. The molecule has 0 bridgehead atoms. The third kappa shape index (κ3) is 2.34. The van der Waals surface area contributed by atoms with Gasteiger partial charge in [-0.05, 0) is 24.8 Å². The van der Waals surface area contributed by atoms with Crippen LogP contribution in [0.3, 0.4) is 0 Å². The normalized spacial score (nSPS) is 18.9. The lowest BCUT2D eigenvalue weighted by Crippen LogP contribution is -2.41. The second-order valence-corrected chi connectivity index (χ2v) is 4.06. The van der Waals surface area contributed by atoms with Crippen molar-refractivity contribution in [2.75, 3.05) is 6.61 Å². The van der Waals surface area contributed by atoms with Crippen molar-refractivity contribution in [2.45, 2.75) is 31.5 Å². The van der Waals surface area contributed by atoms with E-state index in [9.17, 15) is 5.11 Å². The zero-order valence-corrected chi connectivity index (χ0v) is 8.28. The van der Waals surface area contributed by atoms with Crippen LogP contribution in [0.5, 0.6) is 0 Å². The number of ether oxygens (including phenoxy) is 1. The highest BCUT2D eigenvalue weighted by Crippen LogP contribution is 2.31. The SMILES string of the molecule is OC1(COCc2ccccc2)CCC1. The summed E-state index contributed by atoms with van der Waals surface area (Å²) in [5.41, 5.74) is 0.643. The summed E-state index contributed by atoms with van der Waals surface area (Å²) in [5, 5.41) is 9.76. The minimum absolute atomic E-state index is 0.474. The van der Waals surface area contributed by atoms with E-state index in [-0.39, 0.29) is 0 Å². The van der Waals surface area contributed by atoms with Crippen LogP contribution >= 0.6 is 0 Å². The van der Waals surface area contributed by atoms with Crippen LogP contribution in [-0.4, -0.2) is 17.3 Å². The van der Waals surface area contributed by atoms with Crippen molar-refractivity contribution in [1.29, 1.82) is 0 Å². The molecule has 0 spiro atoms. The molecule has 0 aliphatic heterocycles. The van der Waals surface area contributed by atoms with Gasteiger partial charge in [-0.15, -0.1) is 0 Å². The van der Waals surface area contributed by atoms with Gasteiger partial charge in [0.2, 0.25) is 0 Å². The summed E-state index contributed by atoms with van der Waals surface area (Å²) in [7, 11) is 0. The molecule has 1 aliphatic carbocycles. The van der Waals surface area contributed by atoms with Crippen LogP contribution in [0.1, 0.15) is 24.8 Å². The van der Waals surface area contributed by atoms with E-state index in [0.29, 0.717) is 13.2 Å². The number of hydrogen-bond acceptors (Lipinski definition) is 2. The van der Waals surface area contributed by atoms with Crippen molar-refractivity contribution < 1.29 is 9.84 Å². The summed E-state index contributed by atoms with van der Waals surface area (Å²) in [6, 6.07) is 10.0. The van der Waals surface area contributed by atoms with Crippen LogP contribution in [0, 0.1) is 0 Å². The van der Waals surface area contributed by atoms with Gasteiger partial charge < -0.3 is 9.84 Å². The van der Waals surface area contributed by atoms with Gasteiger partial charge in [-0.2, -0.15) is 0 Å². The Morgan fingerprint density at radius 3 is 2.50 bits per heavy atom. The minimum Gasteiger partial charge on any atom is -0.387 e. The molecule has 0 unspecified atom stereocenters. The zero-order valence-electron chi connectivity index (χ0n) is 8.28. The third-order valence-electron chi connectivity index (χ3n) is 2.77. The lowest BCUT2D eigenvalue weighted by atomic mass is 9.81. The van der Waals surface area contributed by atoms with Crippen LogP contribution in [-0.2, 0) is 11.3 Å². The maximum Gasteiger partial charge on any atom is 0.0880 e. The lowest BCUT2D eigenvalue weighted by Gasteiger charge is -2.36. The molecular formula is C12H16O2. The first-order valence-corrected chi connectivity index (χ1v) is 5.13. The predicted molar refractivity (Wildman–Crippen MR) is 54.9 cm³/mol. The van der Waals surface area contributed by atoms with Crippen molar-refractivity contribution in [3.63, 3.8) is 0 Å². The molecule has 1 aromatic rings. The van der Waals surface area contributed by atoms with Gasteiger partial charge >= 0.3 is 0 Å². The number of aliphatic hydroxyl groups is 1. The van der Waals surface area contributed by atoms with Crippen LogP contribution in [0.4, 0.5) is 0 Å². The molecule has 1 aromatic carbocycles. The second-order valence-electron chi connectivity index (χ2n) is 4.06. The summed E-state index contributed by atoms with van der Waals surface area (Å²) < 4.78 is 5.48. The van der Waals surface area contributed by atoms with Crippen molar-refractivity contribution in [1.82, 2.24) is 0 Å². The maximum atomic E-state index is 9.76. The average molecular weight is 192 g/mol. The fourth-order valence-electron chi connectivity index (χ4n) is 1.66. The highest BCUT2D eigenvalue weighted by molar-refractivity contribution is 5.13. The van der Waals surface area contributed by atoms with Gasteiger partial charge in [-0.25, -0.2) is 0 Å². The van der Waals surface area contributed by atoms with E-state index in [0.717, 1.165) is 24.8 Å². The third-order valence-corrected chi connectivity index (χ3v) is 2.77. The summed E-state index contributed by atoms with van der Waals surface area (Å²) in [6.45, 7) is 1.07. The van der Waals surface area contributed by atoms with Gasteiger partial charge in [0, 0.05) is 0 Å². The summed E-state index contributed by atoms with van der Waals surface area (Å²) in [6.07, 6.45) is 2.91. The van der Waals surface area contributed by atoms with Gasteiger partial charge in [0.25, 0.3) is 0 Å². The Hall–Kier alpha value is -0.860. The first kappa shape index (κ1) is 9.69. The van der Waals surface area contributed by atoms with Gasteiger partial charge in [-0.1, -0.05) is 30.3 Å². The molecule has 2 rings (SSSR count). The molecule has 76 valence electrons. The molecule has 0 saturated heterocycles. The largest absolute Gasteiger partial charge is 0.387 e. The predicted octanol–water partition coefficient (Wildman–Crippen LogP) is 2.12. The van der Waals surface area contributed by atoms with Gasteiger partial charge in [0.05, 0.1) is 18.8 Å². The Balaban J connectivity index is 1.73. The summed E-state index contributed by atoms with van der Waals surface area (Å²) in [5.74, 6) is 0. The van der Waals surface area contributed by atoms with Crippen molar-refractivity contribution in [3.05, 3.63) is 35.9 Å². The number of benzene rings is 1. The zero-order chi connectivity index (χ0) is 9.86. The Labute approximate surface area is 84.5 Å². The molecule has 14 heavy (non-hydrogen) atoms. The van der Waals surface area contributed by atoms with E-state index in [1.165, 1.54) is 0 Å². The molecule has 2 nitrogen and oxygen atoms in total. The molecule has 0 radical (unpaired) electrons. The quantitative estimate of drug-likeness (QED) is 0.791. The minimum atomic E-state index is -0.519. The van der Waals surface area contributed by atoms with Crippen LogP contribution in [0.2, 0.25) is 0 Å². The molecule has 0 amide bonds. The van der Waals surface area contributed by atoms with Crippen LogP contribution in [0.25, 0.3) is 0 Å². The summed E-state index contributed by atoms with van der Waals surface area (Å²) >= 11 is 0. The van der Waals surface area contributed by atoms with Gasteiger partial charge in [0.1, 0.15) is 0 Å². The maximum absolute atomic E-state index is 9.76. The number of rotatable bonds is 4. The molecule has 1 N–H and O–H groups in total. The smallest absolute Gasteiger partial charge is 0.0880 e. The molecule has 0 heterocycles. The highest BCUT2D eigenvalue weighted by Gasteiger charge is 2.34. The summed E-state index contributed by atoms with van der Waals surface area (Å²) in [4.78, 5) is 0. The van der Waals surface area contributed by atoms with Crippen molar-refractivity contribution in [3.8, 4) is 0 Å². The second kappa shape index (κ2) is 4.11. The van der Waals surface area contributed by atoms with Crippen LogP contribution in [0.15, 0.2) is 30.3 Å². The Morgan fingerprint density at radius 1 is 1.21 bits per heavy atom.